The molecule has 0 aromatic rings. The average Bonchev–Trinajstić information content (AvgIpc) is 2.36. The van der Waals surface area contributed by atoms with E-state index in [-0.39, 0.29) is 6.61 Å². The first-order valence-electron chi connectivity index (χ1n) is 3.86. The van der Waals surface area contributed by atoms with Crippen LogP contribution in [0.4, 0.5) is 0 Å². The van der Waals surface area contributed by atoms with Crippen LogP contribution in [0, 0.1) is 23.2 Å². The minimum Gasteiger partial charge on any atom is -0.396 e. The first-order chi connectivity index (χ1) is 4.88. The Labute approximate surface area is 61.5 Å². The molecule has 1 rings (SSSR count). The average molecular weight is 139 g/mol. The zero-order chi connectivity index (χ0) is 7.40. The molecule has 2 atom stereocenters. The maximum absolute atomic E-state index is 8.85. The van der Waals surface area contributed by atoms with Crippen LogP contribution in [0.25, 0.3) is 0 Å². The largest absolute Gasteiger partial charge is 0.396 e. The van der Waals surface area contributed by atoms with E-state index in [4.69, 9.17) is 10.4 Å². The summed E-state index contributed by atoms with van der Waals surface area (Å²) in [7, 11) is 0. The van der Waals surface area contributed by atoms with E-state index in [0.29, 0.717) is 18.3 Å². The molecule has 0 aliphatic heterocycles. The molecule has 10 heavy (non-hydrogen) atoms. The van der Waals surface area contributed by atoms with Crippen molar-refractivity contribution in [2.45, 2.75) is 25.7 Å². The minimum absolute atomic E-state index is 0.270. The van der Waals surface area contributed by atoms with Gasteiger partial charge in [-0.1, -0.05) is 6.42 Å². The summed E-state index contributed by atoms with van der Waals surface area (Å²) >= 11 is 0. The predicted octanol–water partition coefficient (Wildman–Crippen LogP) is 1.31. The standard InChI is InChI=1S/C8H13NO/c9-5-4-7-2-1-3-8(7)6-10/h7-8,10H,1-4,6H2. The molecule has 1 aliphatic rings. The quantitative estimate of drug-likeness (QED) is 0.626. The lowest BCUT2D eigenvalue weighted by Crippen LogP contribution is -2.10. The Balaban J connectivity index is 2.36. The Hall–Kier alpha value is -0.550. The molecule has 2 heteroatoms. The zero-order valence-corrected chi connectivity index (χ0v) is 6.08. The highest BCUT2D eigenvalue weighted by Gasteiger charge is 2.25. The third-order valence-electron chi connectivity index (χ3n) is 2.40. The highest BCUT2D eigenvalue weighted by Crippen LogP contribution is 2.33. The number of nitrogens with zero attached hydrogens (tertiary/aromatic N) is 1. The van der Waals surface area contributed by atoms with Gasteiger partial charge in [-0.15, -0.1) is 0 Å². The van der Waals surface area contributed by atoms with Crippen LogP contribution in [0.1, 0.15) is 25.7 Å². The molecule has 2 unspecified atom stereocenters. The van der Waals surface area contributed by atoms with Crippen LogP contribution >= 0.6 is 0 Å². The second kappa shape index (κ2) is 3.58. The van der Waals surface area contributed by atoms with E-state index in [1.54, 1.807) is 0 Å². The molecular weight excluding hydrogens is 126 g/mol. The fourth-order valence-electron chi connectivity index (χ4n) is 1.74. The van der Waals surface area contributed by atoms with E-state index in [1.165, 1.54) is 6.42 Å². The summed E-state index contributed by atoms with van der Waals surface area (Å²) in [5.74, 6) is 0.898. The fourth-order valence-corrected chi connectivity index (χ4v) is 1.74. The highest BCUT2D eigenvalue weighted by atomic mass is 16.3. The van der Waals surface area contributed by atoms with Crippen molar-refractivity contribution < 1.29 is 5.11 Å². The summed E-state index contributed by atoms with van der Waals surface area (Å²) < 4.78 is 0. The van der Waals surface area contributed by atoms with Crippen LogP contribution in [0.3, 0.4) is 0 Å². The molecule has 0 spiro atoms. The Bertz CT molecular complexity index is 139. The molecule has 0 aromatic heterocycles. The van der Waals surface area contributed by atoms with Gasteiger partial charge >= 0.3 is 0 Å². The van der Waals surface area contributed by atoms with Crippen LogP contribution in [-0.4, -0.2) is 11.7 Å². The number of nitriles is 1. The second-order valence-electron chi connectivity index (χ2n) is 3.00. The fraction of sp³-hybridized carbons (Fsp3) is 0.875. The Kier molecular flexibility index (Phi) is 2.70. The van der Waals surface area contributed by atoms with Crippen LogP contribution < -0.4 is 0 Å². The van der Waals surface area contributed by atoms with Gasteiger partial charge in [0.05, 0.1) is 6.07 Å². The molecule has 0 amide bonds. The van der Waals surface area contributed by atoms with Crippen molar-refractivity contribution >= 4 is 0 Å². The van der Waals surface area contributed by atoms with Gasteiger partial charge in [0.25, 0.3) is 0 Å². The van der Waals surface area contributed by atoms with E-state index in [9.17, 15) is 0 Å². The normalized spacial score (nSPS) is 32.0. The maximum atomic E-state index is 8.85. The number of aliphatic hydroxyl groups excluding tert-OH is 1. The summed E-state index contributed by atoms with van der Waals surface area (Å²) in [5.41, 5.74) is 0. The lowest BCUT2D eigenvalue weighted by Gasteiger charge is -2.12. The summed E-state index contributed by atoms with van der Waals surface area (Å²) in [6, 6.07) is 2.16. The van der Waals surface area contributed by atoms with Gasteiger partial charge in [0.1, 0.15) is 0 Å². The van der Waals surface area contributed by atoms with Crippen molar-refractivity contribution in [3.8, 4) is 6.07 Å². The van der Waals surface area contributed by atoms with Crippen molar-refractivity contribution in [3.05, 3.63) is 0 Å². The maximum Gasteiger partial charge on any atom is 0.0624 e. The van der Waals surface area contributed by atoms with Gasteiger partial charge < -0.3 is 5.11 Å². The van der Waals surface area contributed by atoms with E-state index < -0.39 is 0 Å². The Morgan fingerprint density at radius 2 is 2.10 bits per heavy atom. The molecule has 0 bridgehead atoms. The predicted molar refractivity (Wildman–Crippen MR) is 38.1 cm³/mol. The Morgan fingerprint density at radius 3 is 2.70 bits per heavy atom. The number of hydrogen-bond donors (Lipinski definition) is 1. The number of rotatable bonds is 2. The molecule has 56 valence electrons. The summed E-state index contributed by atoms with van der Waals surface area (Å²) in [6.45, 7) is 0.270. The molecule has 0 radical (unpaired) electrons. The molecular formula is C8H13NO. The molecule has 1 N–H and O–H groups in total. The minimum atomic E-state index is 0.270. The smallest absolute Gasteiger partial charge is 0.0624 e. The van der Waals surface area contributed by atoms with Crippen LogP contribution in [0.2, 0.25) is 0 Å². The monoisotopic (exact) mass is 139 g/mol. The number of aliphatic hydroxyl groups is 1. The SMILES string of the molecule is N#CCC1CCCC1CO. The highest BCUT2D eigenvalue weighted by molar-refractivity contribution is 4.84. The van der Waals surface area contributed by atoms with Crippen molar-refractivity contribution in [2.24, 2.45) is 11.8 Å². The van der Waals surface area contributed by atoms with E-state index in [1.807, 2.05) is 0 Å². The van der Waals surface area contributed by atoms with Gasteiger partial charge in [-0.2, -0.15) is 5.26 Å². The molecule has 1 fully saturated rings. The van der Waals surface area contributed by atoms with Gasteiger partial charge in [-0.25, -0.2) is 0 Å². The van der Waals surface area contributed by atoms with Crippen molar-refractivity contribution in [2.75, 3.05) is 6.61 Å². The third-order valence-corrected chi connectivity index (χ3v) is 2.40. The molecule has 2 nitrogen and oxygen atoms in total. The van der Waals surface area contributed by atoms with Crippen LogP contribution in [0.15, 0.2) is 0 Å². The van der Waals surface area contributed by atoms with Crippen molar-refractivity contribution in [3.63, 3.8) is 0 Å². The second-order valence-corrected chi connectivity index (χ2v) is 3.00. The van der Waals surface area contributed by atoms with E-state index in [0.717, 1.165) is 12.8 Å². The van der Waals surface area contributed by atoms with E-state index in [2.05, 4.69) is 6.07 Å². The van der Waals surface area contributed by atoms with Gasteiger partial charge in [0, 0.05) is 13.0 Å². The lowest BCUT2D eigenvalue weighted by molar-refractivity contribution is 0.196. The summed E-state index contributed by atoms with van der Waals surface area (Å²) in [5, 5.41) is 17.3. The zero-order valence-electron chi connectivity index (χ0n) is 6.08. The number of hydrogen-bond acceptors (Lipinski definition) is 2. The first-order valence-corrected chi connectivity index (χ1v) is 3.86. The van der Waals surface area contributed by atoms with E-state index >= 15 is 0 Å². The topological polar surface area (TPSA) is 44.0 Å². The van der Waals surface area contributed by atoms with Gasteiger partial charge in [0.15, 0.2) is 0 Å². The molecule has 1 aliphatic carbocycles. The summed E-state index contributed by atoms with van der Waals surface area (Å²) in [6.07, 6.45) is 4.07. The first kappa shape index (κ1) is 7.56. The third kappa shape index (κ3) is 1.48. The van der Waals surface area contributed by atoms with Gasteiger partial charge in [-0.05, 0) is 24.7 Å². The molecule has 1 saturated carbocycles. The van der Waals surface area contributed by atoms with Crippen molar-refractivity contribution in [1.82, 2.24) is 0 Å². The molecule has 0 heterocycles. The van der Waals surface area contributed by atoms with Crippen LogP contribution in [0.5, 0.6) is 0 Å². The van der Waals surface area contributed by atoms with Crippen molar-refractivity contribution in [1.29, 1.82) is 5.26 Å². The van der Waals surface area contributed by atoms with Gasteiger partial charge in [0.2, 0.25) is 0 Å². The summed E-state index contributed by atoms with van der Waals surface area (Å²) in [4.78, 5) is 0. The molecule has 0 aromatic carbocycles. The molecule has 0 saturated heterocycles. The van der Waals surface area contributed by atoms with Gasteiger partial charge in [-0.3, -0.25) is 0 Å². The Morgan fingerprint density at radius 1 is 1.40 bits per heavy atom. The van der Waals surface area contributed by atoms with Crippen LogP contribution in [-0.2, 0) is 0 Å². The lowest BCUT2D eigenvalue weighted by atomic mass is 9.94.